The molecule has 1 heterocycles. The lowest BCUT2D eigenvalue weighted by Gasteiger charge is -2.23. The number of amides is 1. The van der Waals surface area contributed by atoms with Crippen molar-refractivity contribution in [3.63, 3.8) is 0 Å². The SMILES string of the molecule is Cc1nc(Cl)c([N+](=O)[O-])c(NC(CNC(=O)OC(C)(C)C)COP)c1C. The van der Waals surface area contributed by atoms with Crippen molar-refractivity contribution in [2.24, 2.45) is 0 Å². The standard InChI is InChI=1S/C15H24ClN4O5P/c1-8-9(2)18-13(16)12(20(22)23)11(8)19-10(7-24-26)6-17-14(21)25-15(3,4)5/h10H,6-7,26H2,1-5H3,(H,17,21)(H,18,19). The Kier molecular flexibility index (Phi) is 7.99. The van der Waals surface area contributed by atoms with Gasteiger partial charge in [0.1, 0.15) is 11.3 Å². The largest absolute Gasteiger partial charge is 0.444 e. The van der Waals surface area contributed by atoms with Crippen molar-refractivity contribution in [3.05, 3.63) is 26.5 Å². The number of nitro groups is 1. The highest BCUT2D eigenvalue weighted by atomic mass is 35.5. The lowest BCUT2D eigenvalue weighted by Crippen LogP contribution is -2.41. The van der Waals surface area contributed by atoms with E-state index in [0.29, 0.717) is 11.3 Å². The van der Waals surface area contributed by atoms with E-state index in [1.54, 1.807) is 34.6 Å². The van der Waals surface area contributed by atoms with Gasteiger partial charge in [0, 0.05) is 27.3 Å². The summed E-state index contributed by atoms with van der Waals surface area (Å²) in [7, 11) is 2.10. The fourth-order valence-corrected chi connectivity index (χ4v) is 2.60. The molecule has 2 atom stereocenters. The number of carbonyl (C=O) groups is 1. The summed E-state index contributed by atoms with van der Waals surface area (Å²) in [6.45, 7) is 8.95. The highest BCUT2D eigenvalue weighted by Gasteiger charge is 2.26. The van der Waals surface area contributed by atoms with Gasteiger partial charge in [-0.25, -0.2) is 9.78 Å². The Labute approximate surface area is 159 Å². The zero-order valence-corrected chi connectivity index (χ0v) is 17.3. The normalized spacial score (nSPS) is 12.4. The van der Waals surface area contributed by atoms with Crippen LogP contribution >= 0.6 is 21.1 Å². The van der Waals surface area contributed by atoms with Crippen LogP contribution in [0, 0.1) is 24.0 Å². The predicted molar refractivity (Wildman–Crippen MR) is 103 cm³/mol. The summed E-state index contributed by atoms with van der Waals surface area (Å²) >= 11 is 5.94. The van der Waals surface area contributed by atoms with E-state index < -0.39 is 22.7 Å². The zero-order valence-electron chi connectivity index (χ0n) is 15.4. The number of nitrogens with one attached hydrogen (secondary N) is 2. The lowest BCUT2D eigenvalue weighted by atomic mass is 10.1. The van der Waals surface area contributed by atoms with Gasteiger partial charge in [-0.3, -0.25) is 10.1 Å². The number of halogens is 1. The minimum absolute atomic E-state index is 0.124. The number of hydrogen-bond acceptors (Lipinski definition) is 7. The molecular formula is C15H24ClN4O5P. The van der Waals surface area contributed by atoms with Gasteiger partial charge in [0.25, 0.3) is 0 Å². The molecule has 1 amide bonds. The van der Waals surface area contributed by atoms with Crippen LogP contribution in [0.2, 0.25) is 5.15 Å². The van der Waals surface area contributed by atoms with E-state index in [4.69, 9.17) is 20.9 Å². The fourth-order valence-electron chi connectivity index (χ4n) is 2.08. The van der Waals surface area contributed by atoms with Crippen molar-refractivity contribution in [3.8, 4) is 0 Å². The van der Waals surface area contributed by atoms with Crippen molar-refractivity contribution in [2.75, 3.05) is 18.5 Å². The average molecular weight is 407 g/mol. The second-order valence-electron chi connectivity index (χ2n) is 6.65. The Bertz CT molecular complexity index is 681. The van der Waals surface area contributed by atoms with E-state index in [2.05, 4.69) is 25.1 Å². The smallest absolute Gasteiger partial charge is 0.407 e. The van der Waals surface area contributed by atoms with Gasteiger partial charge in [0.05, 0.1) is 17.6 Å². The van der Waals surface area contributed by atoms with Crippen LogP contribution in [0.1, 0.15) is 32.0 Å². The minimum atomic E-state index is -0.630. The number of anilines is 1. The van der Waals surface area contributed by atoms with E-state index in [9.17, 15) is 14.9 Å². The molecule has 0 aliphatic heterocycles. The molecular weight excluding hydrogens is 383 g/mol. The number of hydrogen-bond donors (Lipinski definition) is 2. The average Bonchev–Trinajstić information content (AvgIpc) is 2.47. The summed E-state index contributed by atoms with van der Waals surface area (Å²) in [6.07, 6.45) is -0.594. The van der Waals surface area contributed by atoms with E-state index in [0.717, 1.165) is 0 Å². The Balaban J connectivity index is 3.01. The molecule has 2 unspecified atom stereocenters. The topological polar surface area (TPSA) is 116 Å². The Hall–Kier alpha value is -1.70. The highest BCUT2D eigenvalue weighted by molar-refractivity contribution is 7.09. The first-order chi connectivity index (χ1) is 12.0. The molecule has 26 heavy (non-hydrogen) atoms. The Morgan fingerprint density at radius 3 is 2.54 bits per heavy atom. The van der Waals surface area contributed by atoms with E-state index in [1.165, 1.54) is 0 Å². The molecule has 0 fully saturated rings. The van der Waals surface area contributed by atoms with E-state index in [-0.39, 0.29) is 29.7 Å². The van der Waals surface area contributed by atoms with Crippen molar-refractivity contribution in [2.45, 2.75) is 46.3 Å². The van der Waals surface area contributed by atoms with Crippen LogP contribution in [0.3, 0.4) is 0 Å². The third-order valence-corrected chi connectivity index (χ3v) is 3.79. The molecule has 0 saturated heterocycles. The van der Waals surface area contributed by atoms with Crippen molar-refractivity contribution in [1.29, 1.82) is 0 Å². The summed E-state index contributed by atoms with van der Waals surface area (Å²) in [5.74, 6) is 0. The maximum Gasteiger partial charge on any atom is 0.407 e. The zero-order chi connectivity index (χ0) is 20.1. The van der Waals surface area contributed by atoms with Crippen molar-refractivity contribution >= 4 is 38.5 Å². The molecule has 0 radical (unpaired) electrons. The Morgan fingerprint density at radius 1 is 1.42 bits per heavy atom. The number of carbonyl (C=O) groups excluding carboxylic acids is 1. The number of ether oxygens (including phenoxy) is 1. The summed E-state index contributed by atoms with van der Waals surface area (Å²) in [4.78, 5) is 26.6. The van der Waals surface area contributed by atoms with Gasteiger partial charge >= 0.3 is 11.8 Å². The second-order valence-corrected chi connectivity index (χ2v) is 7.34. The summed E-state index contributed by atoms with van der Waals surface area (Å²) in [5.41, 5.74) is 0.446. The second kappa shape index (κ2) is 9.30. The van der Waals surface area contributed by atoms with Crippen molar-refractivity contribution < 1.29 is 19.0 Å². The maximum absolute atomic E-state index is 11.8. The van der Waals surface area contributed by atoms with Gasteiger partial charge in [-0.15, -0.1) is 0 Å². The monoisotopic (exact) mass is 406 g/mol. The first-order valence-electron chi connectivity index (χ1n) is 7.82. The molecule has 1 aromatic heterocycles. The van der Waals surface area contributed by atoms with Crippen LogP contribution in [0.25, 0.3) is 0 Å². The highest BCUT2D eigenvalue weighted by Crippen LogP contribution is 2.35. The quantitative estimate of drug-likeness (QED) is 0.308. The third-order valence-electron chi connectivity index (χ3n) is 3.34. The van der Waals surface area contributed by atoms with Gasteiger partial charge in [-0.2, -0.15) is 0 Å². The molecule has 1 rings (SSSR count). The minimum Gasteiger partial charge on any atom is -0.444 e. The lowest BCUT2D eigenvalue weighted by molar-refractivity contribution is -0.384. The van der Waals surface area contributed by atoms with Gasteiger partial charge in [-0.1, -0.05) is 11.6 Å². The van der Waals surface area contributed by atoms with Crippen LogP contribution < -0.4 is 10.6 Å². The van der Waals surface area contributed by atoms with Crippen LogP contribution in [-0.4, -0.2) is 40.8 Å². The predicted octanol–water partition coefficient (Wildman–Crippen LogP) is 3.37. The fraction of sp³-hybridized carbons (Fsp3) is 0.600. The number of rotatable bonds is 7. The molecule has 0 aromatic carbocycles. The van der Waals surface area contributed by atoms with Gasteiger partial charge < -0.3 is 19.9 Å². The third kappa shape index (κ3) is 6.55. The summed E-state index contributed by atoms with van der Waals surface area (Å²) < 4.78 is 10.2. The summed E-state index contributed by atoms with van der Waals surface area (Å²) in [6, 6.07) is -0.463. The molecule has 11 heteroatoms. The molecule has 2 N–H and O–H groups in total. The molecule has 0 aliphatic rings. The van der Waals surface area contributed by atoms with E-state index >= 15 is 0 Å². The number of pyridine rings is 1. The van der Waals surface area contributed by atoms with E-state index in [1.807, 2.05) is 0 Å². The maximum atomic E-state index is 11.8. The van der Waals surface area contributed by atoms with Crippen LogP contribution in [0.4, 0.5) is 16.2 Å². The Morgan fingerprint density at radius 2 is 2.04 bits per heavy atom. The molecule has 1 aromatic rings. The van der Waals surface area contributed by atoms with Crippen LogP contribution in [-0.2, 0) is 9.26 Å². The van der Waals surface area contributed by atoms with Gasteiger partial charge in [-0.05, 0) is 34.6 Å². The molecule has 0 aliphatic carbocycles. The molecule has 0 bridgehead atoms. The number of nitrogens with zero attached hydrogens (tertiary/aromatic N) is 2. The first kappa shape index (κ1) is 22.3. The van der Waals surface area contributed by atoms with Crippen LogP contribution in [0.5, 0.6) is 0 Å². The van der Waals surface area contributed by atoms with Gasteiger partial charge in [0.2, 0.25) is 5.15 Å². The molecule has 0 spiro atoms. The summed E-state index contributed by atoms with van der Waals surface area (Å²) in [5, 5.41) is 16.8. The molecule has 146 valence electrons. The van der Waals surface area contributed by atoms with Gasteiger partial charge in [0.15, 0.2) is 0 Å². The van der Waals surface area contributed by atoms with Crippen LogP contribution in [0.15, 0.2) is 0 Å². The van der Waals surface area contributed by atoms with Crippen molar-refractivity contribution in [1.82, 2.24) is 10.3 Å². The number of aryl methyl sites for hydroxylation is 1. The number of alkyl carbamates (subject to hydrolysis) is 1. The first-order valence-corrected chi connectivity index (χ1v) is 8.67. The number of aromatic nitrogens is 1. The molecule has 0 saturated carbocycles. The molecule has 9 nitrogen and oxygen atoms in total.